The molecule has 0 amide bonds. The number of alkyl halides is 3. The first-order valence-corrected chi connectivity index (χ1v) is 27.1. The minimum Gasteiger partial charge on any atom is -0.478 e. The minimum atomic E-state index is -5.14. The maximum atomic E-state index is 16.2. The molecule has 0 spiro atoms. The number of benzene rings is 2. The smallest absolute Gasteiger partial charge is 0.417 e. The van der Waals surface area contributed by atoms with Gasteiger partial charge in [0.1, 0.15) is 0 Å². The summed E-state index contributed by atoms with van der Waals surface area (Å²) < 4.78 is 60.2. The van der Waals surface area contributed by atoms with Crippen LogP contribution in [0.5, 0.6) is 0 Å². The SMILES string of the molecule is CCCCCCCCCCOC(=O)c1c(CCCCCCCCCC)c(CCCCCCCCCC)c(C(F)(F)F)c(C(=O)OCCCCCCCCCC)c1-c1cccc(C(=O)O)c1C(=O)O. The first-order chi connectivity index (χ1) is 32.9. The number of halogens is 3. The fourth-order valence-corrected chi connectivity index (χ4v) is 9.40. The van der Waals surface area contributed by atoms with Gasteiger partial charge in [-0.3, -0.25) is 0 Å². The lowest BCUT2D eigenvalue weighted by atomic mass is 9.78. The van der Waals surface area contributed by atoms with Gasteiger partial charge in [-0.1, -0.05) is 220 Å². The Morgan fingerprint density at radius 2 is 0.794 bits per heavy atom. The highest BCUT2D eigenvalue weighted by molar-refractivity contribution is 6.14. The number of hydrogen-bond acceptors (Lipinski definition) is 6. The highest BCUT2D eigenvalue weighted by atomic mass is 19.4. The second-order valence-electron chi connectivity index (χ2n) is 19.0. The number of unbranched alkanes of at least 4 members (excludes halogenated alkanes) is 28. The second kappa shape index (κ2) is 36.1. The molecule has 8 nitrogen and oxygen atoms in total. The maximum absolute atomic E-state index is 16.2. The van der Waals surface area contributed by atoms with Gasteiger partial charge in [0.15, 0.2) is 0 Å². The summed E-state index contributed by atoms with van der Waals surface area (Å²) in [5.41, 5.74) is -5.18. The Hall–Kier alpha value is -3.89. The molecular formula is C57H89F3O8. The van der Waals surface area contributed by atoms with E-state index < -0.39 is 63.4 Å². The van der Waals surface area contributed by atoms with Crippen molar-refractivity contribution in [2.75, 3.05) is 13.2 Å². The van der Waals surface area contributed by atoms with E-state index in [9.17, 15) is 29.4 Å². The Labute approximate surface area is 408 Å². The largest absolute Gasteiger partial charge is 0.478 e. The third-order valence-corrected chi connectivity index (χ3v) is 13.2. The van der Waals surface area contributed by atoms with Crippen LogP contribution in [-0.4, -0.2) is 47.3 Å². The standard InChI is InChI=1S/C57H89F3O8/c1-5-9-13-17-21-25-29-33-38-44-45(39-34-30-26-22-18-14-10-6-2)52(57(58,59)60)51(56(66)68-43-36-32-28-24-20-16-12-8-4)49(46-40-37-41-47(53(61)62)48(46)54(63)64)50(44)55(65)67-42-35-31-27-23-19-15-11-7-3/h37,40-41H,5-36,38-39,42-43H2,1-4H3,(H,61,62)(H,63,64). The lowest BCUT2D eigenvalue weighted by Crippen LogP contribution is -2.26. The molecule has 0 aliphatic rings. The average Bonchev–Trinajstić information content (AvgIpc) is 3.31. The number of carbonyl (C=O) groups excluding carboxylic acids is 2. The number of carboxylic acid groups (broad SMARTS) is 2. The van der Waals surface area contributed by atoms with E-state index >= 15 is 13.2 Å². The van der Waals surface area contributed by atoms with Gasteiger partial charge in [0.25, 0.3) is 0 Å². The summed E-state index contributed by atoms with van der Waals surface area (Å²) in [5.74, 6) is -5.64. The molecule has 68 heavy (non-hydrogen) atoms. The predicted octanol–water partition coefficient (Wildman–Crippen LogP) is 17.7. The summed E-state index contributed by atoms with van der Waals surface area (Å²) in [6.07, 6.45) is 24.5. The van der Waals surface area contributed by atoms with Gasteiger partial charge in [-0.2, -0.15) is 13.2 Å². The number of rotatable bonds is 41. The summed E-state index contributed by atoms with van der Waals surface area (Å²) in [7, 11) is 0. The third-order valence-electron chi connectivity index (χ3n) is 13.2. The normalized spacial score (nSPS) is 11.6. The Morgan fingerprint density at radius 1 is 0.441 bits per heavy atom. The van der Waals surface area contributed by atoms with Crippen LogP contribution in [-0.2, 0) is 28.5 Å². The first kappa shape index (κ1) is 60.2. The molecule has 0 atom stereocenters. The summed E-state index contributed by atoms with van der Waals surface area (Å²) in [6.45, 7) is 8.37. The molecule has 0 radical (unpaired) electrons. The molecule has 11 heteroatoms. The van der Waals surface area contributed by atoms with E-state index in [1.807, 2.05) is 0 Å². The third kappa shape index (κ3) is 22.2. The summed E-state index contributed by atoms with van der Waals surface area (Å²) in [4.78, 5) is 55.3. The van der Waals surface area contributed by atoms with Crippen molar-refractivity contribution in [2.45, 2.75) is 252 Å². The van der Waals surface area contributed by atoms with E-state index in [4.69, 9.17) is 9.47 Å². The van der Waals surface area contributed by atoms with E-state index in [-0.39, 0.29) is 42.7 Å². The zero-order valence-corrected chi connectivity index (χ0v) is 42.7. The van der Waals surface area contributed by atoms with Gasteiger partial charge < -0.3 is 19.7 Å². The molecule has 386 valence electrons. The van der Waals surface area contributed by atoms with Crippen LogP contribution in [0.4, 0.5) is 13.2 Å². The van der Waals surface area contributed by atoms with E-state index in [1.165, 1.54) is 18.6 Å². The van der Waals surface area contributed by atoms with Crippen molar-refractivity contribution in [2.24, 2.45) is 0 Å². The highest BCUT2D eigenvalue weighted by Crippen LogP contribution is 2.46. The molecule has 2 aromatic carbocycles. The van der Waals surface area contributed by atoms with Gasteiger partial charge in [0.05, 0.1) is 41.0 Å². The lowest BCUT2D eigenvalue weighted by molar-refractivity contribution is -0.138. The first-order valence-electron chi connectivity index (χ1n) is 27.1. The fraction of sp³-hybridized carbons (Fsp3) is 0.719. The van der Waals surface area contributed by atoms with Crippen LogP contribution in [0.15, 0.2) is 18.2 Å². The molecule has 0 heterocycles. The topological polar surface area (TPSA) is 127 Å². The van der Waals surface area contributed by atoms with Crippen molar-refractivity contribution in [3.8, 4) is 11.1 Å². The van der Waals surface area contributed by atoms with Gasteiger partial charge in [0, 0.05) is 5.56 Å². The molecule has 2 aromatic rings. The molecule has 2 rings (SSSR count). The van der Waals surface area contributed by atoms with Crippen molar-refractivity contribution in [3.05, 3.63) is 57.1 Å². The van der Waals surface area contributed by atoms with Crippen LogP contribution >= 0.6 is 0 Å². The van der Waals surface area contributed by atoms with Gasteiger partial charge in [-0.25, -0.2) is 19.2 Å². The summed E-state index contributed by atoms with van der Waals surface area (Å²) >= 11 is 0. The Kier molecular flexibility index (Phi) is 32.0. The van der Waals surface area contributed by atoms with Crippen LogP contribution in [0.1, 0.15) is 291 Å². The number of aromatic carboxylic acids is 2. The van der Waals surface area contributed by atoms with E-state index in [0.717, 1.165) is 160 Å². The Bertz CT molecular complexity index is 1750. The molecule has 0 unspecified atom stereocenters. The van der Waals surface area contributed by atoms with E-state index in [2.05, 4.69) is 27.7 Å². The molecule has 0 aliphatic carbocycles. The van der Waals surface area contributed by atoms with E-state index in [0.29, 0.717) is 44.9 Å². The molecule has 0 bridgehead atoms. The summed E-state index contributed by atoms with van der Waals surface area (Å²) in [6, 6.07) is 3.48. The maximum Gasteiger partial charge on any atom is 0.417 e. The quantitative estimate of drug-likeness (QED) is 0.0498. The zero-order valence-electron chi connectivity index (χ0n) is 42.7. The number of carbonyl (C=O) groups is 4. The molecule has 2 N–H and O–H groups in total. The number of esters is 2. The van der Waals surface area contributed by atoms with Crippen molar-refractivity contribution < 1.29 is 52.0 Å². The van der Waals surface area contributed by atoms with Gasteiger partial charge in [-0.15, -0.1) is 0 Å². The van der Waals surface area contributed by atoms with Crippen LogP contribution < -0.4 is 0 Å². The Balaban J connectivity index is 2.93. The van der Waals surface area contributed by atoms with Gasteiger partial charge in [-0.05, 0) is 61.3 Å². The van der Waals surface area contributed by atoms with Crippen LogP contribution in [0.2, 0.25) is 0 Å². The molecule has 0 saturated heterocycles. The monoisotopic (exact) mass is 959 g/mol. The van der Waals surface area contributed by atoms with Crippen molar-refractivity contribution in [1.82, 2.24) is 0 Å². The zero-order chi connectivity index (χ0) is 50.0. The van der Waals surface area contributed by atoms with Gasteiger partial charge in [0.2, 0.25) is 0 Å². The predicted molar refractivity (Wildman–Crippen MR) is 269 cm³/mol. The Morgan fingerprint density at radius 3 is 1.16 bits per heavy atom. The molecule has 0 saturated carbocycles. The molecule has 0 fully saturated rings. The van der Waals surface area contributed by atoms with Crippen molar-refractivity contribution >= 4 is 23.9 Å². The number of ether oxygens (including phenoxy) is 2. The number of carboxylic acids is 2. The van der Waals surface area contributed by atoms with Crippen molar-refractivity contribution in [3.63, 3.8) is 0 Å². The molecule has 0 aliphatic heterocycles. The van der Waals surface area contributed by atoms with Crippen LogP contribution in [0.3, 0.4) is 0 Å². The second-order valence-corrected chi connectivity index (χ2v) is 19.0. The van der Waals surface area contributed by atoms with Crippen molar-refractivity contribution in [1.29, 1.82) is 0 Å². The fourth-order valence-electron chi connectivity index (χ4n) is 9.40. The van der Waals surface area contributed by atoms with Crippen LogP contribution in [0.25, 0.3) is 11.1 Å². The van der Waals surface area contributed by atoms with Gasteiger partial charge >= 0.3 is 30.1 Å². The molecular weight excluding hydrogens is 870 g/mol. The number of hydrogen-bond donors (Lipinski definition) is 2. The molecule has 0 aromatic heterocycles. The van der Waals surface area contributed by atoms with Crippen LogP contribution in [0, 0.1) is 0 Å². The van der Waals surface area contributed by atoms with E-state index in [1.54, 1.807) is 0 Å². The minimum absolute atomic E-state index is 0.0298. The highest BCUT2D eigenvalue weighted by Gasteiger charge is 2.44. The lowest BCUT2D eigenvalue weighted by Gasteiger charge is -2.27. The average molecular weight is 959 g/mol. The summed E-state index contributed by atoms with van der Waals surface area (Å²) in [5, 5.41) is 20.9.